The van der Waals surface area contributed by atoms with Crippen LogP contribution in [0.25, 0.3) is 17.1 Å². The lowest BCUT2D eigenvalue weighted by Gasteiger charge is -2.05. The monoisotopic (exact) mass is 420 g/mol. The molecule has 2 aromatic carbocycles. The summed E-state index contributed by atoms with van der Waals surface area (Å²) in [5.41, 5.74) is 0.319. The van der Waals surface area contributed by atoms with Gasteiger partial charge in [-0.1, -0.05) is 29.1 Å². The normalized spacial score (nSPS) is 11.7. The van der Waals surface area contributed by atoms with Crippen molar-refractivity contribution in [1.29, 1.82) is 0 Å². The fourth-order valence-electron chi connectivity index (χ4n) is 2.39. The number of phenols is 1. The van der Waals surface area contributed by atoms with Crippen LogP contribution in [0.3, 0.4) is 0 Å². The van der Waals surface area contributed by atoms with Gasteiger partial charge in [0.1, 0.15) is 5.75 Å². The largest absolute Gasteiger partial charge is 0.508 e. The molecule has 2 aromatic heterocycles. The van der Waals surface area contributed by atoms with Gasteiger partial charge in [-0.25, -0.2) is 0 Å². The molecule has 0 amide bonds. The van der Waals surface area contributed by atoms with Crippen LogP contribution in [0, 0.1) is 0 Å². The van der Waals surface area contributed by atoms with E-state index in [0.29, 0.717) is 16.4 Å². The first-order valence-electron chi connectivity index (χ1n) is 8.11. The summed E-state index contributed by atoms with van der Waals surface area (Å²) in [5, 5.41) is 25.1. The summed E-state index contributed by atoms with van der Waals surface area (Å²) in [6.45, 7) is 0. The van der Waals surface area contributed by atoms with Crippen molar-refractivity contribution in [3.05, 3.63) is 60.0 Å². The van der Waals surface area contributed by atoms with E-state index in [1.165, 1.54) is 40.7 Å². The Bertz CT molecular complexity index is 1110. The molecule has 0 saturated heterocycles. The quantitative estimate of drug-likeness (QED) is 0.487. The minimum absolute atomic E-state index is 0.123. The molecule has 0 saturated carbocycles. The average molecular weight is 420 g/mol. The Morgan fingerprint density at radius 2 is 1.76 bits per heavy atom. The molecule has 2 heterocycles. The summed E-state index contributed by atoms with van der Waals surface area (Å²) in [5.74, 6) is 0.835. The van der Waals surface area contributed by atoms with E-state index in [4.69, 9.17) is 4.52 Å². The predicted molar refractivity (Wildman–Crippen MR) is 95.1 cm³/mol. The molecule has 12 heteroatoms. The van der Waals surface area contributed by atoms with Gasteiger partial charge in [-0.2, -0.15) is 22.8 Å². The first-order chi connectivity index (χ1) is 13.9. The van der Waals surface area contributed by atoms with Crippen molar-refractivity contribution in [3.8, 4) is 22.8 Å². The number of aromatic nitrogens is 6. The molecular weight excluding hydrogens is 409 g/mol. The van der Waals surface area contributed by atoms with Gasteiger partial charge in [-0.05, 0) is 46.8 Å². The highest BCUT2D eigenvalue weighted by Crippen LogP contribution is 2.30. The molecule has 0 aliphatic carbocycles. The number of benzene rings is 2. The van der Waals surface area contributed by atoms with Crippen LogP contribution in [-0.2, 0) is 11.9 Å². The summed E-state index contributed by atoms with van der Waals surface area (Å²) < 4.78 is 44.6. The number of rotatable bonds is 5. The fraction of sp³-hybridized carbons (Fsp3) is 0.118. The van der Waals surface area contributed by atoms with E-state index in [0.717, 1.165) is 12.1 Å². The van der Waals surface area contributed by atoms with Gasteiger partial charge in [-0.3, -0.25) is 0 Å². The summed E-state index contributed by atoms with van der Waals surface area (Å²) >= 11 is 1.24. The van der Waals surface area contributed by atoms with Crippen molar-refractivity contribution in [2.75, 3.05) is 0 Å². The zero-order valence-corrected chi connectivity index (χ0v) is 15.2. The highest BCUT2D eigenvalue weighted by molar-refractivity contribution is 7.98. The van der Waals surface area contributed by atoms with E-state index in [1.54, 1.807) is 12.1 Å². The minimum atomic E-state index is -4.40. The van der Waals surface area contributed by atoms with Crippen molar-refractivity contribution in [3.63, 3.8) is 0 Å². The molecule has 148 valence electrons. The summed E-state index contributed by atoms with van der Waals surface area (Å²) in [4.78, 5) is 4.20. The van der Waals surface area contributed by atoms with E-state index < -0.39 is 11.7 Å². The number of thioether (sulfide) groups is 1. The van der Waals surface area contributed by atoms with Crippen LogP contribution in [-0.4, -0.2) is 35.5 Å². The van der Waals surface area contributed by atoms with Crippen molar-refractivity contribution in [1.82, 2.24) is 30.3 Å². The molecule has 4 aromatic rings. The SMILES string of the molecule is Oc1ccc(-n2nnnc2SCc2nc(-c3ccc(C(F)(F)F)cc3)no2)cc1. The summed E-state index contributed by atoms with van der Waals surface area (Å²) in [6, 6.07) is 10.8. The molecule has 0 fully saturated rings. The maximum absolute atomic E-state index is 12.7. The zero-order valence-electron chi connectivity index (χ0n) is 14.4. The number of halogens is 3. The molecule has 0 bridgehead atoms. The van der Waals surface area contributed by atoms with Crippen LogP contribution >= 0.6 is 11.8 Å². The Morgan fingerprint density at radius 1 is 1.03 bits per heavy atom. The third-order valence-electron chi connectivity index (χ3n) is 3.80. The van der Waals surface area contributed by atoms with Gasteiger partial charge in [0.2, 0.25) is 16.9 Å². The topological polar surface area (TPSA) is 103 Å². The van der Waals surface area contributed by atoms with Gasteiger partial charge < -0.3 is 9.63 Å². The summed E-state index contributed by atoms with van der Waals surface area (Å²) in [6.07, 6.45) is -4.40. The third kappa shape index (κ3) is 4.21. The van der Waals surface area contributed by atoms with E-state index in [9.17, 15) is 18.3 Å². The van der Waals surface area contributed by atoms with Crippen LogP contribution in [0.2, 0.25) is 0 Å². The third-order valence-corrected chi connectivity index (χ3v) is 4.70. The van der Waals surface area contributed by atoms with Crippen LogP contribution in [0.4, 0.5) is 13.2 Å². The lowest BCUT2D eigenvalue weighted by Crippen LogP contribution is -2.04. The lowest BCUT2D eigenvalue weighted by molar-refractivity contribution is -0.137. The molecule has 4 rings (SSSR count). The molecule has 0 aliphatic rings. The first kappa shape index (κ1) is 18.9. The fourth-order valence-corrected chi connectivity index (χ4v) is 3.12. The Balaban J connectivity index is 1.46. The number of alkyl halides is 3. The van der Waals surface area contributed by atoms with Crippen LogP contribution in [0.1, 0.15) is 11.5 Å². The van der Waals surface area contributed by atoms with Gasteiger partial charge in [-0.15, -0.1) is 5.10 Å². The van der Waals surface area contributed by atoms with Crippen molar-refractivity contribution >= 4 is 11.8 Å². The Morgan fingerprint density at radius 3 is 2.45 bits per heavy atom. The standard InChI is InChI=1S/C17H11F3N6O2S/c18-17(19,20)11-3-1-10(2-4-11)15-21-14(28-23-15)9-29-16-22-24-25-26(16)12-5-7-13(27)8-6-12/h1-8,27H,9H2. The molecule has 0 spiro atoms. The highest BCUT2D eigenvalue weighted by atomic mass is 32.2. The predicted octanol–water partition coefficient (Wildman–Crippen LogP) is 3.73. The smallest absolute Gasteiger partial charge is 0.416 e. The van der Waals surface area contributed by atoms with E-state index in [-0.39, 0.29) is 23.2 Å². The van der Waals surface area contributed by atoms with Gasteiger partial charge >= 0.3 is 6.18 Å². The molecular formula is C17H11F3N6O2S. The molecule has 8 nitrogen and oxygen atoms in total. The van der Waals surface area contributed by atoms with E-state index in [2.05, 4.69) is 25.7 Å². The van der Waals surface area contributed by atoms with Crippen LogP contribution in [0.5, 0.6) is 5.75 Å². The maximum Gasteiger partial charge on any atom is 0.416 e. The Labute approximate surface area is 165 Å². The minimum Gasteiger partial charge on any atom is -0.508 e. The number of phenolic OH excluding ortho intramolecular Hbond substituents is 1. The van der Waals surface area contributed by atoms with E-state index in [1.807, 2.05) is 0 Å². The van der Waals surface area contributed by atoms with Crippen LogP contribution in [0.15, 0.2) is 58.2 Å². The van der Waals surface area contributed by atoms with Crippen LogP contribution < -0.4 is 0 Å². The summed E-state index contributed by atoms with van der Waals surface area (Å²) in [7, 11) is 0. The molecule has 0 radical (unpaired) electrons. The average Bonchev–Trinajstić information content (AvgIpc) is 3.36. The second-order valence-corrected chi connectivity index (χ2v) is 6.71. The molecule has 0 unspecified atom stereocenters. The number of nitrogens with zero attached hydrogens (tertiary/aromatic N) is 6. The second kappa shape index (κ2) is 7.54. The molecule has 0 atom stereocenters. The number of hydrogen-bond donors (Lipinski definition) is 1. The Kier molecular flexibility index (Phi) is 4.92. The molecule has 29 heavy (non-hydrogen) atoms. The number of aromatic hydroxyl groups is 1. The molecule has 1 N–H and O–H groups in total. The van der Waals surface area contributed by atoms with Gasteiger partial charge in [0, 0.05) is 5.56 Å². The number of hydrogen-bond acceptors (Lipinski definition) is 8. The van der Waals surface area contributed by atoms with Gasteiger partial charge in [0.15, 0.2) is 0 Å². The van der Waals surface area contributed by atoms with Gasteiger partial charge in [0.25, 0.3) is 0 Å². The maximum atomic E-state index is 12.7. The van der Waals surface area contributed by atoms with E-state index >= 15 is 0 Å². The highest BCUT2D eigenvalue weighted by Gasteiger charge is 2.30. The first-order valence-corrected chi connectivity index (χ1v) is 9.09. The molecule has 0 aliphatic heterocycles. The number of tetrazole rings is 1. The Hall–Kier alpha value is -3.41. The van der Waals surface area contributed by atoms with Crippen molar-refractivity contribution in [2.24, 2.45) is 0 Å². The van der Waals surface area contributed by atoms with Crippen molar-refractivity contribution in [2.45, 2.75) is 17.1 Å². The lowest BCUT2D eigenvalue weighted by atomic mass is 10.1. The van der Waals surface area contributed by atoms with Crippen molar-refractivity contribution < 1.29 is 22.8 Å². The van der Waals surface area contributed by atoms with Gasteiger partial charge in [0.05, 0.1) is 17.0 Å². The second-order valence-electron chi connectivity index (χ2n) is 5.77. The zero-order chi connectivity index (χ0) is 20.4.